The lowest BCUT2D eigenvalue weighted by Crippen LogP contribution is -2.20. The standard InChI is InChI=1S/C21H28/c1-8-19-12-14-20(15-13-19)17(4)10-9-11-18(5)21(6,7)16(2)3/h8-16H,1,4H2,2-3,5-7H3/b10-9-,18-11+. The van der Waals surface area contributed by atoms with Crippen LogP contribution in [-0.4, -0.2) is 0 Å². The maximum Gasteiger partial charge on any atom is -0.0121 e. The Morgan fingerprint density at radius 2 is 1.71 bits per heavy atom. The van der Waals surface area contributed by atoms with Gasteiger partial charge in [-0.2, -0.15) is 0 Å². The second kappa shape index (κ2) is 7.26. The molecule has 112 valence electrons. The van der Waals surface area contributed by atoms with Crippen molar-refractivity contribution in [3.05, 3.63) is 72.4 Å². The molecule has 21 heavy (non-hydrogen) atoms. The molecule has 0 amide bonds. The van der Waals surface area contributed by atoms with Crippen molar-refractivity contribution in [2.75, 3.05) is 0 Å². The Morgan fingerprint density at radius 3 is 2.19 bits per heavy atom. The van der Waals surface area contributed by atoms with Crippen LogP contribution in [0.4, 0.5) is 0 Å². The highest BCUT2D eigenvalue weighted by Gasteiger charge is 2.23. The third kappa shape index (κ3) is 4.60. The minimum atomic E-state index is 0.220. The quantitative estimate of drug-likeness (QED) is 0.520. The summed E-state index contributed by atoms with van der Waals surface area (Å²) in [7, 11) is 0. The molecule has 1 rings (SSSR count). The van der Waals surface area contributed by atoms with Crippen LogP contribution in [0, 0.1) is 11.3 Å². The molecule has 0 saturated carbocycles. The summed E-state index contributed by atoms with van der Waals surface area (Å²) >= 11 is 0. The molecule has 1 aromatic carbocycles. The minimum absolute atomic E-state index is 0.220. The van der Waals surface area contributed by atoms with E-state index in [1.807, 2.05) is 6.08 Å². The van der Waals surface area contributed by atoms with Crippen molar-refractivity contribution in [2.24, 2.45) is 11.3 Å². The highest BCUT2D eigenvalue weighted by molar-refractivity contribution is 5.73. The maximum atomic E-state index is 4.13. The zero-order valence-electron chi connectivity index (χ0n) is 14.1. The average molecular weight is 280 g/mol. The Hall–Kier alpha value is -1.82. The van der Waals surface area contributed by atoms with E-state index in [9.17, 15) is 0 Å². The summed E-state index contributed by atoms with van der Waals surface area (Å²) in [5.41, 5.74) is 4.91. The average Bonchev–Trinajstić information content (AvgIpc) is 2.46. The lowest BCUT2D eigenvalue weighted by molar-refractivity contribution is 0.310. The number of allylic oxidation sites excluding steroid dienone is 5. The van der Waals surface area contributed by atoms with Gasteiger partial charge < -0.3 is 0 Å². The van der Waals surface area contributed by atoms with Gasteiger partial charge in [-0.15, -0.1) is 0 Å². The summed E-state index contributed by atoms with van der Waals surface area (Å²) in [4.78, 5) is 0. The SMILES string of the molecule is C=Cc1ccc(C(=C)/C=C\C=C(/C)C(C)(C)C(C)C)cc1. The first kappa shape index (κ1) is 17.2. The molecular formula is C21H28. The van der Waals surface area contributed by atoms with Crippen LogP contribution in [0.2, 0.25) is 0 Å². The Morgan fingerprint density at radius 1 is 1.14 bits per heavy atom. The largest absolute Gasteiger partial charge is 0.0985 e. The lowest BCUT2D eigenvalue weighted by Gasteiger charge is -2.30. The first-order valence-corrected chi connectivity index (χ1v) is 7.56. The summed E-state index contributed by atoms with van der Waals surface area (Å²) in [6.07, 6.45) is 8.22. The van der Waals surface area contributed by atoms with Gasteiger partial charge in [0.25, 0.3) is 0 Å². The summed E-state index contributed by atoms with van der Waals surface area (Å²) in [6.45, 7) is 19.2. The zero-order chi connectivity index (χ0) is 16.0. The topological polar surface area (TPSA) is 0 Å². The van der Waals surface area contributed by atoms with Gasteiger partial charge in [0.2, 0.25) is 0 Å². The molecular weight excluding hydrogens is 252 g/mol. The maximum absolute atomic E-state index is 4.13. The van der Waals surface area contributed by atoms with E-state index in [2.05, 4.69) is 90.3 Å². The molecule has 0 aromatic heterocycles. The molecule has 0 unspecified atom stereocenters. The molecule has 0 fully saturated rings. The predicted molar refractivity (Wildman–Crippen MR) is 97.1 cm³/mol. The van der Waals surface area contributed by atoms with Crippen LogP contribution in [0.25, 0.3) is 11.6 Å². The molecule has 0 atom stereocenters. The molecule has 0 aliphatic carbocycles. The molecule has 0 heterocycles. The fraction of sp³-hybridized carbons (Fsp3) is 0.333. The molecule has 1 aromatic rings. The predicted octanol–water partition coefficient (Wildman–Crippen LogP) is 6.53. The van der Waals surface area contributed by atoms with Crippen molar-refractivity contribution in [3.8, 4) is 0 Å². The van der Waals surface area contributed by atoms with Crippen LogP contribution in [0.1, 0.15) is 45.7 Å². The number of benzene rings is 1. The van der Waals surface area contributed by atoms with Crippen molar-refractivity contribution in [2.45, 2.75) is 34.6 Å². The highest BCUT2D eigenvalue weighted by atomic mass is 14.3. The fourth-order valence-corrected chi connectivity index (χ4v) is 1.91. The normalized spacial score (nSPS) is 13.0. The van der Waals surface area contributed by atoms with Crippen molar-refractivity contribution in [1.29, 1.82) is 0 Å². The van der Waals surface area contributed by atoms with Gasteiger partial charge in [0.05, 0.1) is 0 Å². The Bertz CT molecular complexity index is 548. The Kier molecular flexibility index (Phi) is 5.96. The molecule has 0 bridgehead atoms. The van der Waals surface area contributed by atoms with Crippen LogP contribution in [0.5, 0.6) is 0 Å². The smallest absolute Gasteiger partial charge is 0.0121 e. The van der Waals surface area contributed by atoms with E-state index in [1.54, 1.807) is 0 Å². The Balaban J connectivity index is 2.80. The monoisotopic (exact) mass is 280 g/mol. The van der Waals surface area contributed by atoms with Gasteiger partial charge in [0.15, 0.2) is 0 Å². The molecule has 0 aliphatic rings. The van der Waals surface area contributed by atoms with E-state index in [1.165, 1.54) is 5.57 Å². The van der Waals surface area contributed by atoms with E-state index < -0.39 is 0 Å². The molecule has 0 N–H and O–H groups in total. The van der Waals surface area contributed by atoms with Gasteiger partial charge in [-0.3, -0.25) is 0 Å². The van der Waals surface area contributed by atoms with Crippen molar-refractivity contribution in [3.63, 3.8) is 0 Å². The number of hydrogen-bond acceptors (Lipinski definition) is 0. The van der Waals surface area contributed by atoms with E-state index in [-0.39, 0.29) is 5.41 Å². The second-order valence-electron chi connectivity index (χ2n) is 6.44. The number of rotatable bonds is 6. The molecule has 0 spiro atoms. The summed E-state index contributed by atoms with van der Waals surface area (Å²) in [5, 5.41) is 0. The van der Waals surface area contributed by atoms with Gasteiger partial charge in [-0.1, -0.05) is 95.0 Å². The van der Waals surface area contributed by atoms with E-state index in [0.29, 0.717) is 5.92 Å². The van der Waals surface area contributed by atoms with Gasteiger partial charge in [-0.05, 0) is 35.0 Å². The summed E-state index contributed by atoms with van der Waals surface area (Å²) in [6, 6.07) is 8.28. The molecule has 0 nitrogen and oxygen atoms in total. The second-order valence-corrected chi connectivity index (χ2v) is 6.44. The molecule has 0 aliphatic heterocycles. The van der Waals surface area contributed by atoms with Gasteiger partial charge in [0.1, 0.15) is 0 Å². The van der Waals surface area contributed by atoms with Gasteiger partial charge >= 0.3 is 0 Å². The minimum Gasteiger partial charge on any atom is -0.0985 e. The molecule has 0 radical (unpaired) electrons. The third-order valence-corrected chi connectivity index (χ3v) is 4.62. The van der Waals surface area contributed by atoms with E-state index in [0.717, 1.165) is 16.7 Å². The van der Waals surface area contributed by atoms with E-state index >= 15 is 0 Å². The molecule has 0 heteroatoms. The highest BCUT2D eigenvalue weighted by Crippen LogP contribution is 2.34. The molecule has 0 saturated heterocycles. The van der Waals surface area contributed by atoms with Crippen LogP contribution in [0.3, 0.4) is 0 Å². The Labute approximate surface area is 130 Å². The first-order chi connectivity index (χ1) is 9.78. The number of hydrogen-bond donors (Lipinski definition) is 0. The van der Waals surface area contributed by atoms with Crippen LogP contribution >= 0.6 is 0 Å². The summed E-state index contributed by atoms with van der Waals surface area (Å²) in [5.74, 6) is 0.622. The van der Waals surface area contributed by atoms with Crippen molar-refractivity contribution >= 4 is 11.6 Å². The van der Waals surface area contributed by atoms with E-state index in [4.69, 9.17) is 0 Å². The van der Waals surface area contributed by atoms with Crippen LogP contribution in [0.15, 0.2) is 61.2 Å². The fourth-order valence-electron chi connectivity index (χ4n) is 1.91. The summed E-state index contributed by atoms with van der Waals surface area (Å²) < 4.78 is 0. The van der Waals surface area contributed by atoms with Crippen LogP contribution < -0.4 is 0 Å². The van der Waals surface area contributed by atoms with Crippen molar-refractivity contribution in [1.82, 2.24) is 0 Å². The van der Waals surface area contributed by atoms with Crippen molar-refractivity contribution < 1.29 is 0 Å². The van der Waals surface area contributed by atoms with Gasteiger partial charge in [-0.25, -0.2) is 0 Å². The van der Waals surface area contributed by atoms with Crippen LogP contribution in [-0.2, 0) is 0 Å². The zero-order valence-corrected chi connectivity index (χ0v) is 14.1. The van der Waals surface area contributed by atoms with Gasteiger partial charge in [0, 0.05) is 0 Å². The third-order valence-electron chi connectivity index (χ3n) is 4.62. The first-order valence-electron chi connectivity index (χ1n) is 7.56. The lowest BCUT2D eigenvalue weighted by atomic mass is 9.75.